The molecule has 0 aliphatic heterocycles. The van der Waals surface area contributed by atoms with Crippen molar-refractivity contribution in [3.05, 3.63) is 0 Å². The molecular weight excluding hydrogens is 184 g/mol. The molecule has 1 amide bonds. The Bertz CT molecular complexity index is 171. The average Bonchev–Trinajstić information content (AvgIpc) is 2.15. The standard InChI is InChI=1S/C9H20N2O3/c1-4-9(14-10)6(2)8(5-12)11-7(3)13/h6,8-9,12H,4-5,10H2,1-3H3,(H,11,13). The molecule has 14 heavy (non-hydrogen) atoms. The Labute approximate surface area is 84.6 Å². The third kappa shape index (κ3) is 4.04. The van der Waals surface area contributed by atoms with Crippen molar-refractivity contribution in [2.45, 2.75) is 39.3 Å². The van der Waals surface area contributed by atoms with Crippen LogP contribution in [-0.2, 0) is 9.63 Å². The van der Waals surface area contributed by atoms with Gasteiger partial charge in [-0.05, 0) is 6.42 Å². The molecule has 0 fully saturated rings. The molecule has 0 saturated heterocycles. The first-order valence-electron chi connectivity index (χ1n) is 4.80. The summed E-state index contributed by atoms with van der Waals surface area (Å²) in [5.41, 5.74) is 0. The van der Waals surface area contributed by atoms with Crippen molar-refractivity contribution in [3.63, 3.8) is 0 Å². The molecule has 5 nitrogen and oxygen atoms in total. The van der Waals surface area contributed by atoms with Gasteiger partial charge in [-0.3, -0.25) is 4.79 Å². The molecule has 0 bridgehead atoms. The second-order valence-corrected chi connectivity index (χ2v) is 3.43. The van der Waals surface area contributed by atoms with Gasteiger partial charge in [0, 0.05) is 12.8 Å². The van der Waals surface area contributed by atoms with E-state index >= 15 is 0 Å². The van der Waals surface area contributed by atoms with Crippen molar-refractivity contribution in [2.75, 3.05) is 6.61 Å². The molecular formula is C9H20N2O3. The summed E-state index contributed by atoms with van der Waals surface area (Å²) in [4.78, 5) is 15.6. The number of carbonyl (C=O) groups is 1. The van der Waals surface area contributed by atoms with Crippen LogP contribution in [0.5, 0.6) is 0 Å². The average molecular weight is 204 g/mol. The highest BCUT2D eigenvalue weighted by molar-refractivity contribution is 5.73. The van der Waals surface area contributed by atoms with Gasteiger partial charge in [-0.1, -0.05) is 13.8 Å². The lowest BCUT2D eigenvalue weighted by Crippen LogP contribution is -2.46. The smallest absolute Gasteiger partial charge is 0.217 e. The lowest BCUT2D eigenvalue weighted by atomic mass is 9.94. The number of amides is 1. The molecule has 84 valence electrons. The number of nitrogens with one attached hydrogen (secondary N) is 1. The lowest BCUT2D eigenvalue weighted by molar-refractivity contribution is -0.121. The molecule has 0 heterocycles. The minimum atomic E-state index is -0.305. The zero-order valence-corrected chi connectivity index (χ0v) is 8.99. The quantitative estimate of drug-likeness (QED) is 0.523. The van der Waals surface area contributed by atoms with Crippen LogP contribution in [-0.4, -0.2) is 29.8 Å². The SMILES string of the molecule is CCC(ON)C(C)C(CO)NC(C)=O. The van der Waals surface area contributed by atoms with Gasteiger partial charge >= 0.3 is 0 Å². The molecule has 0 radical (unpaired) electrons. The monoisotopic (exact) mass is 204 g/mol. The molecule has 0 spiro atoms. The number of carbonyl (C=O) groups excluding carboxylic acids is 1. The van der Waals surface area contributed by atoms with Crippen molar-refractivity contribution >= 4 is 5.91 Å². The van der Waals surface area contributed by atoms with Crippen LogP contribution >= 0.6 is 0 Å². The van der Waals surface area contributed by atoms with E-state index in [9.17, 15) is 4.79 Å². The second-order valence-electron chi connectivity index (χ2n) is 3.43. The number of nitrogens with two attached hydrogens (primary N) is 1. The van der Waals surface area contributed by atoms with Crippen LogP contribution in [0.15, 0.2) is 0 Å². The van der Waals surface area contributed by atoms with Crippen LogP contribution in [0.3, 0.4) is 0 Å². The Hall–Kier alpha value is -0.650. The normalized spacial score (nSPS) is 17.2. The summed E-state index contributed by atoms with van der Waals surface area (Å²) < 4.78 is 0. The molecule has 0 aromatic heterocycles. The zero-order chi connectivity index (χ0) is 11.1. The van der Waals surface area contributed by atoms with Crippen LogP contribution in [0.25, 0.3) is 0 Å². The van der Waals surface area contributed by atoms with E-state index in [4.69, 9.17) is 15.8 Å². The van der Waals surface area contributed by atoms with E-state index in [1.165, 1.54) is 6.92 Å². The van der Waals surface area contributed by atoms with Crippen LogP contribution in [0.2, 0.25) is 0 Å². The molecule has 0 aromatic rings. The number of hydrogen-bond donors (Lipinski definition) is 3. The fourth-order valence-corrected chi connectivity index (χ4v) is 1.46. The summed E-state index contributed by atoms with van der Waals surface area (Å²) in [6.45, 7) is 5.13. The Morgan fingerprint density at radius 1 is 1.64 bits per heavy atom. The minimum Gasteiger partial charge on any atom is -0.394 e. The third-order valence-electron chi connectivity index (χ3n) is 2.38. The van der Waals surface area contributed by atoms with E-state index < -0.39 is 0 Å². The molecule has 4 N–H and O–H groups in total. The second kappa shape index (κ2) is 6.75. The van der Waals surface area contributed by atoms with Gasteiger partial charge in [-0.2, -0.15) is 0 Å². The first kappa shape index (κ1) is 13.4. The van der Waals surface area contributed by atoms with Crippen molar-refractivity contribution in [1.29, 1.82) is 0 Å². The van der Waals surface area contributed by atoms with E-state index in [1.807, 2.05) is 13.8 Å². The van der Waals surface area contributed by atoms with Gasteiger partial charge in [0.2, 0.25) is 5.91 Å². The van der Waals surface area contributed by atoms with Crippen molar-refractivity contribution in [3.8, 4) is 0 Å². The summed E-state index contributed by atoms with van der Waals surface area (Å²) in [6, 6.07) is -0.305. The maximum absolute atomic E-state index is 10.8. The van der Waals surface area contributed by atoms with Crippen molar-refractivity contribution in [2.24, 2.45) is 11.8 Å². The lowest BCUT2D eigenvalue weighted by Gasteiger charge is -2.28. The number of aliphatic hydroxyl groups excluding tert-OH is 1. The Kier molecular flexibility index (Phi) is 6.44. The van der Waals surface area contributed by atoms with Crippen LogP contribution < -0.4 is 11.2 Å². The third-order valence-corrected chi connectivity index (χ3v) is 2.38. The molecule has 0 aromatic carbocycles. The molecule has 0 saturated carbocycles. The largest absolute Gasteiger partial charge is 0.394 e. The number of rotatable bonds is 6. The van der Waals surface area contributed by atoms with E-state index in [1.54, 1.807) is 0 Å². The summed E-state index contributed by atoms with van der Waals surface area (Å²) in [5, 5.41) is 11.7. The fourth-order valence-electron chi connectivity index (χ4n) is 1.46. The van der Waals surface area contributed by atoms with Gasteiger partial charge in [-0.25, -0.2) is 5.90 Å². The Morgan fingerprint density at radius 3 is 2.50 bits per heavy atom. The van der Waals surface area contributed by atoms with Gasteiger partial charge < -0.3 is 15.3 Å². The van der Waals surface area contributed by atoms with E-state index in [0.717, 1.165) is 6.42 Å². The zero-order valence-electron chi connectivity index (χ0n) is 8.99. The van der Waals surface area contributed by atoms with Gasteiger partial charge in [0.05, 0.1) is 18.8 Å². The van der Waals surface area contributed by atoms with Gasteiger partial charge in [-0.15, -0.1) is 0 Å². The fraction of sp³-hybridized carbons (Fsp3) is 0.889. The maximum Gasteiger partial charge on any atom is 0.217 e. The van der Waals surface area contributed by atoms with Crippen molar-refractivity contribution < 1.29 is 14.7 Å². The molecule has 0 aliphatic rings. The predicted octanol–water partition coefficient (Wildman–Crippen LogP) is -0.212. The van der Waals surface area contributed by atoms with Gasteiger partial charge in [0.25, 0.3) is 0 Å². The minimum absolute atomic E-state index is 0.0149. The van der Waals surface area contributed by atoms with Crippen LogP contribution in [0.1, 0.15) is 27.2 Å². The molecule has 3 unspecified atom stereocenters. The molecule has 3 atom stereocenters. The van der Waals surface area contributed by atoms with Gasteiger partial charge in [0.15, 0.2) is 0 Å². The van der Waals surface area contributed by atoms with E-state index in [2.05, 4.69) is 5.32 Å². The van der Waals surface area contributed by atoms with E-state index in [-0.39, 0.29) is 30.6 Å². The van der Waals surface area contributed by atoms with E-state index in [0.29, 0.717) is 0 Å². The summed E-state index contributed by atoms with van der Waals surface area (Å²) >= 11 is 0. The Morgan fingerprint density at radius 2 is 2.21 bits per heavy atom. The van der Waals surface area contributed by atoms with Crippen molar-refractivity contribution in [1.82, 2.24) is 5.32 Å². The first-order chi connectivity index (χ1) is 6.56. The van der Waals surface area contributed by atoms with Gasteiger partial charge in [0.1, 0.15) is 0 Å². The highest BCUT2D eigenvalue weighted by Crippen LogP contribution is 2.13. The Balaban J connectivity index is 4.27. The summed E-state index contributed by atoms with van der Waals surface area (Å²) in [5.74, 6) is 4.93. The summed E-state index contributed by atoms with van der Waals surface area (Å²) in [7, 11) is 0. The summed E-state index contributed by atoms with van der Waals surface area (Å²) in [6.07, 6.45) is 0.590. The van der Waals surface area contributed by atoms with Crippen LogP contribution in [0, 0.1) is 5.92 Å². The molecule has 5 heteroatoms. The molecule has 0 rings (SSSR count). The maximum atomic E-state index is 10.8. The number of hydrogen-bond acceptors (Lipinski definition) is 4. The highest BCUT2D eigenvalue weighted by atomic mass is 16.6. The van der Waals surface area contributed by atoms with Crippen LogP contribution in [0.4, 0.5) is 0 Å². The highest BCUT2D eigenvalue weighted by Gasteiger charge is 2.25. The predicted molar refractivity (Wildman–Crippen MR) is 53.2 cm³/mol. The molecule has 0 aliphatic carbocycles. The first-order valence-corrected chi connectivity index (χ1v) is 4.80. The topological polar surface area (TPSA) is 84.6 Å². The number of aliphatic hydroxyl groups is 1.